The van der Waals surface area contributed by atoms with E-state index in [1.807, 2.05) is 0 Å². The molecule has 1 aromatic carbocycles. The zero-order valence-electron chi connectivity index (χ0n) is 18.0. The zero-order valence-corrected chi connectivity index (χ0v) is 18.0. The van der Waals surface area contributed by atoms with Crippen LogP contribution in [0.15, 0.2) is 18.2 Å². The number of hydrogen-bond donors (Lipinski definition) is 1. The molecule has 0 saturated heterocycles. The van der Waals surface area contributed by atoms with E-state index in [0.29, 0.717) is 5.69 Å². The smallest absolute Gasteiger partial charge is 0.322 e. The Morgan fingerprint density at radius 1 is 1.38 bits per heavy atom. The molecular formula is C22H22F5N5O2. The Balaban J connectivity index is 1.51. The first kappa shape index (κ1) is 23.9. The summed E-state index contributed by atoms with van der Waals surface area (Å²) in [6.45, 7) is 6.43. The summed E-state index contributed by atoms with van der Waals surface area (Å²) in [6, 6.07) is 3.01. The van der Waals surface area contributed by atoms with Crippen LogP contribution in [-0.2, 0) is 30.2 Å². The first-order valence-corrected chi connectivity index (χ1v) is 10.7. The van der Waals surface area contributed by atoms with Crippen molar-refractivity contribution in [2.24, 2.45) is 5.92 Å². The largest absolute Gasteiger partial charge is 0.375 e. The van der Waals surface area contributed by atoms with Crippen molar-refractivity contribution in [2.75, 3.05) is 25.1 Å². The van der Waals surface area contributed by atoms with Gasteiger partial charge in [-0.1, -0.05) is 0 Å². The lowest BCUT2D eigenvalue weighted by atomic mass is 9.98. The van der Waals surface area contributed by atoms with Crippen LogP contribution in [0.3, 0.4) is 0 Å². The summed E-state index contributed by atoms with van der Waals surface area (Å²) in [5.74, 6) is -4.29. The number of benzene rings is 1. The van der Waals surface area contributed by atoms with E-state index in [0.717, 1.165) is 6.07 Å². The van der Waals surface area contributed by atoms with Crippen molar-refractivity contribution < 1.29 is 31.5 Å². The molecule has 0 aliphatic carbocycles. The first-order chi connectivity index (χ1) is 16.2. The van der Waals surface area contributed by atoms with Gasteiger partial charge >= 0.3 is 6.03 Å². The Bertz CT molecular complexity index is 1110. The number of urea groups is 1. The lowest BCUT2D eigenvalue weighted by Gasteiger charge is -2.28. The minimum atomic E-state index is -3.20. The van der Waals surface area contributed by atoms with E-state index in [1.54, 1.807) is 0 Å². The maximum Gasteiger partial charge on any atom is 0.322 e. The quantitative estimate of drug-likeness (QED) is 0.484. The third-order valence-electron chi connectivity index (χ3n) is 5.95. The summed E-state index contributed by atoms with van der Waals surface area (Å²) in [6.07, 6.45) is -2.75. The number of carbonyl (C=O) groups is 1. The van der Waals surface area contributed by atoms with Crippen molar-refractivity contribution in [3.05, 3.63) is 52.4 Å². The number of alkyl halides is 4. The van der Waals surface area contributed by atoms with Gasteiger partial charge in [0.2, 0.25) is 5.69 Å². The van der Waals surface area contributed by atoms with Crippen LogP contribution < -0.4 is 5.32 Å². The summed E-state index contributed by atoms with van der Waals surface area (Å²) >= 11 is 0. The molecule has 0 fully saturated rings. The molecule has 1 atom stereocenters. The number of anilines is 1. The van der Waals surface area contributed by atoms with Gasteiger partial charge in [0.15, 0.2) is 0 Å². The molecule has 7 nitrogen and oxygen atoms in total. The van der Waals surface area contributed by atoms with Gasteiger partial charge in [-0.3, -0.25) is 4.68 Å². The summed E-state index contributed by atoms with van der Waals surface area (Å²) in [5.41, 5.74) is 0.473. The minimum Gasteiger partial charge on any atom is -0.375 e. The SMILES string of the molecule is [C-]#[N+]c1cc(NC(=O)N2CCc3nn4c(c3C2)C(F)(F)CC[C@H](COCC(F)F)C4)ccc1F. The van der Waals surface area contributed by atoms with Gasteiger partial charge < -0.3 is 15.0 Å². The van der Waals surface area contributed by atoms with Gasteiger partial charge in [0.05, 0.1) is 25.4 Å². The van der Waals surface area contributed by atoms with E-state index in [2.05, 4.69) is 15.3 Å². The number of nitrogens with one attached hydrogen (secondary N) is 1. The van der Waals surface area contributed by atoms with E-state index >= 15 is 8.78 Å². The second-order valence-corrected chi connectivity index (χ2v) is 8.37. The number of fused-ring (bicyclic) bond motifs is 3. The van der Waals surface area contributed by atoms with Crippen molar-refractivity contribution in [3.63, 3.8) is 0 Å². The summed E-state index contributed by atoms with van der Waals surface area (Å²) < 4.78 is 74.6. The van der Waals surface area contributed by atoms with Crippen LogP contribution in [0.4, 0.5) is 38.1 Å². The molecule has 4 rings (SSSR count). The van der Waals surface area contributed by atoms with E-state index in [9.17, 15) is 18.0 Å². The highest BCUT2D eigenvalue weighted by atomic mass is 19.3. The molecule has 3 heterocycles. The molecular weight excluding hydrogens is 461 g/mol. The van der Waals surface area contributed by atoms with Crippen molar-refractivity contribution in [1.29, 1.82) is 0 Å². The van der Waals surface area contributed by atoms with E-state index in [4.69, 9.17) is 11.3 Å². The van der Waals surface area contributed by atoms with Gasteiger partial charge in [0.1, 0.15) is 18.1 Å². The van der Waals surface area contributed by atoms with Gasteiger partial charge in [-0.2, -0.15) is 13.9 Å². The molecule has 0 radical (unpaired) electrons. The van der Waals surface area contributed by atoms with Crippen LogP contribution in [-0.4, -0.2) is 46.9 Å². The van der Waals surface area contributed by atoms with Gasteiger partial charge in [-0.15, -0.1) is 0 Å². The molecule has 0 spiro atoms. The van der Waals surface area contributed by atoms with Crippen LogP contribution in [0.1, 0.15) is 29.8 Å². The lowest BCUT2D eigenvalue weighted by Crippen LogP contribution is -2.39. The first-order valence-electron chi connectivity index (χ1n) is 10.7. The summed E-state index contributed by atoms with van der Waals surface area (Å²) in [4.78, 5) is 17.2. The molecule has 2 aliphatic rings. The number of amides is 2. The fraction of sp³-hybridized carbons (Fsp3) is 0.500. The van der Waals surface area contributed by atoms with Crippen molar-refractivity contribution in [1.82, 2.24) is 14.7 Å². The van der Waals surface area contributed by atoms with E-state index in [-0.39, 0.29) is 67.6 Å². The van der Waals surface area contributed by atoms with Crippen LogP contribution in [0, 0.1) is 18.3 Å². The monoisotopic (exact) mass is 483 g/mol. The highest BCUT2D eigenvalue weighted by Crippen LogP contribution is 2.41. The number of hydrogen-bond acceptors (Lipinski definition) is 3. The minimum absolute atomic E-state index is 0.0663. The number of carbonyl (C=O) groups excluding carboxylic acids is 1. The average molecular weight is 483 g/mol. The summed E-state index contributed by atoms with van der Waals surface area (Å²) in [7, 11) is 0. The zero-order chi connectivity index (χ0) is 24.5. The maximum atomic E-state index is 15.1. The molecule has 1 N–H and O–H groups in total. The fourth-order valence-corrected chi connectivity index (χ4v) is 4.32. The second-order valence-electron chi connectivity index (χ2n) is 8.37. The molecule has 0 saturated carbocycles. The van der Waals surface area contributed by atoms with Gasteiger partial charge in [-0.05, 0) is 24.6 Å². The van der Waals surface area contributed by atoms with Crippen molar-refractivity contribution in [2.45, 2.75) is 44.7 Å². The Morgan fingerprint density at radius 3 is 2.91 bits per heavy atom. The third-order valence-corrected chi connectivity index (χ3v) is 5.95. The number of nitrogens with zero attached hydrogens (tertiary/aromatic N) is 4. The van der Waals surface area contributed by atoms with Crippen molar-refractivity contribution >= 4 is 17.4 Å². The summed E-state index contributed by atoms with van der Waals surface area (Å²) in [5, 5.41) is 6.92. The predicted octanol–water partition coefficient (Wildman–Crippen LogP) is 4.95. The van der Waals surface area contributed by atoms with E-state index in [1.165, 1.54) is 21.7 Å². The molecule has 0 unspecified atom stereocenters. The highest BCUT2D eigenvalue weighted by molar-refractivity contribution is 5.90. The predicted molar refractivity (Wildman–Crippen MR) is 111 cm³/mol. The number of halogens is 5. The van der Waals surface area contributed by atoms with Crippen LogP contribution >= 0.6 is 0 Å². The van der Waals surface area contributed by atoms with Crippen LogP contribution in [0.5, 0.6) is 0 Å². The normalized spacial score (nSPS) is 19.2. The molecule has 12 heteroatoms. The Labute approximate surface area is 192 Å². The fourth-order valence-electron chi connectivity index (χ4n) is 4.32. The number of ether oxygens (including phenoxy) is 1. The molecule has 34 heavy (non-hydrogen) atoms. The molecule has 2 aromatic rings. The second kappa shape index (κ2) is 9.58. The molecule has 2 aliphatic heterocycles. The number of aromatic nitrogens is 2. The maximum absolute atomic E-state index is 15.1. The van der Waals surface area contributed by atoms with E-state index < -0.39 is 37.2 Å². The molecule has 2 amide bonds. The topological polar surface area (TPSA) is 63.8 Å². The molecule has 1 aromatic heterocycles. The standard InChI is InChI=1S/C22H22F5N5O2/c1-28-18-8-14(2-3-16(18)23)29-21(33)31-7-5-17-15(10-31)20-22(26,27)6-4-13(9-32(20)30-17)11-34-12-19(24)25/h2-3,8,13,19H,4-7,9-12H2,(H,29,33)/t13-/m0/s1. The number of rotatable bonds is 5. The molecule has 182 valence electrons. The van der Waals surface area contributed by atoms with Crippen LogP contribution in [0.25, 0.3) is 4.85 Å². The molecule has 0 bridgehead atoms. The highest BCUT2D eigenvalue weighted by Gasteiger charge is 2.43. The Hall–Kier alpha value is -3.20. The van der Waals surface area contributed by atoms with Crippen molar-refractivity contribution in [3.8, 4) is 0 Å². The Morgan fingerprint density at radius 2 is 2.18 bits per heavy atom. The van der Waals surface area contributed by atoms with Gasteiger partial charge in [-0.25, -0.2) is 22.8 Å². The Kier molecular flexibility index (Phi) is 6.74. The van der Waals surface area contributed by atoms with Crippen LogP contribution in [0.2, 0.25) is 0 Å². The van der Waals surface area contributed by atoms with Gasteiger partial charge in [0, 0.05) is 43.1 Å². The average Bonchev–Trinajstić information content (AvgIpc) is 3.10. The lowest BCUT2D eigenvalue weighted by molar-refractivity contribution is -0.0273. The van der Waals surface area contributed by atoms with Gasteiger partial charge in [0.25, 0.3) is 12.3 Å². The third kappa shape index (κ3) is 4.99.